The normalized spacial score (nSPS) is 26.3. The lowest BCUT2D eigenvalue weighted by atomic mass is 9.43. The smallest absolute Gasteiger partial charge is 0.145 e. The van der Waals surface area contributed by atoms with Crippen molar-refractivity contribution in [1.82, 2.24) is 9.55 Å². The number of nitrogens with zero attached hydrogens (tertiary/aromatic N) is 2. The maximum Gasteiger partial charge on any atom is 0.145 e. The molecule has 1 spiro atoms. The summed E-state index contributed by atoms with van der Waals surface area (Å²) < 4.78 is 8.87. The first-order valence-corrected chi connectivity index (χ1v) is 16.4. The third-order valence-electron chi connectivity index (χ3n) is 12.0. The number of rotatable bonds is 2. The van der Waals surface area contributed by atoms with E-state index in [1.807, 2.05) is 0 Å². The van der Waals surface area contributed by atoms with Gasteiger partial charge in [0.25, 0.3) is 0 Å². The molecule has 5 aliphatic rings. The number of benzene rings is 5. The average Bonchev–Trinajstić information content (AvgIpc) is 3.72. The first kappa shape index (κ1) is 23.8. The molecule has 7 aromatic rings. The van der Waals surface area contributed by atoms with Gasteiger partial charge in [0, 0.05) is 27.4 Å². The molecule has 4 bridgehead atoms. The molecule has 0 unspecified atom stereocenters. The lowest BCUT2D eigenvalue weighted by Crippen LogP contribution is -2.55. The zero-order chi connectivity index (χ0) is 28.6. The summed E-state index contributed by atoms with van der Waals surface area (Å²) >= 11 is 0. The van der Waals surface area contributed by atoms with Gasteiger partial charge in [0.05, 0.1) is 11.0 Å². The molecule has 44 heavy (non-hydrogen) atoms. The van der Waals surface area contributed by atoms with E-state index >= 15 is 0 Å². The minimum absolute atomic E-state index is 0.0595. The molecule has 4 saturated carbocycles. The van der Waals surface area contributed by atoms with Crippen LogP contribution in [0.25, 0.3) is 61.2 Å². The van der Waals surface area contributed by atoms with E-state index in [0.29, 0.717) is 11.8 Å². The van der Waals surface area contributed by atoms with Crippen molar-refractivity contribution >= 4 is 33.0 Å². The van der Waals surface area contributed by atoms with Gasteiger partial charge in [-0.15, -0.1) is 0 Å². The highest BCUT2D eigenvalue weighted by molar-refractivity contribution is 6.15. The largest absolute Gasteiger partial charge is 0.456 e. The Balaban J connectivity index is 1.24. The van der Waals surface area contributed by atoms with E-state index < -0.39 is 0 Å². The lowest BCUT2D eigenvalue weighted by Gasteiger charge is -2.61. The van der Waals surface area contributed by atoms with Gasteiger partial charge < -0.3 is 4.42 Å². The molecule has 0 amide bonds. The zero-order valence-corrected chi connectivity index (χ0v) is 24.5. The Hall–Kier alpha value is -4.63. The summed E-state index contributed by atoms with van der Waals surface area (Å²) in [6.45, 7) is 0. The Morgan fingerprint density at radius 3 is 2.25 bits per heavy atom. The lowest BCUT2D eigenvalue weighted by molar-refractivity contribution is -0.0399. The van der Waals surface area contributed by atoms with Crippen LogP contribution in [-0.4, -0.2) is 9.55 Å². The van der Waals surface area contributed by atoms with Gasteiger partial charge in [-0.05, 0) is 114 Å². The highest BCUT2D eigenvalue weighted by atomic mass is 16.3. The molecule has 2 heterocycles. The molecular formula is C41H32N2O. The fourth-order valence-electron chi connectivity index (χ4n) is 10.7. The van der Waals surface area contributed by atoms with E-state index in [0.717, 1.165) is 45.4 Å². The Kier molecular flexibility index (Phi) is 4.48. The number of para-hydroxylation sites is 3. The van der Waals surface area contributed by atoms with Crippen LogP contribution in [0.4, 0.5) is 0 Å². The molecule has 0 aliphatic heterocycles. The fourth-order valence-corrected chi connectivity index (χ4v) is 10.7. The van der Waals surface area contributed by atoms with Crippen molar-refractivity contribution in [3.63, 3.8) is 0 Å². The number of imidazole rings is 1. The number of hydrogen-bond acceptors (Lipinski definition) is 2. The SMILES string of the molecule is c1ccc(-c2nc3ccccc3n2-c2ccc3c(c2)C2(c4ccc5oc6ccccc6c5c4-3)C3CC4CC(C3)CC2C4)cc1. The van der Waals surface area contributed by atoms with Gasteiger partial charge in [0.15, 0.2) is 0 Å². The molecule has 0 atom stereocenters. The van der Waals surface area contributed by atoms with Crippen molar-refractivity contribution in [3.8, 4) is 28.2 Å². The summed E-state index contributed by atoms with van der Waals surface area (Å²) in [7, 11) is 0. The van der Waals surface area contributed by atoms with Crippen molar-refractivity contribution in [2.75, 3.05) is 0 Å². The van der Waals surface area contributed by atoms with E-state index in [4.69, 9.17) is 9.40 Å². The van der Waals surface area contributed by atoms with E-state index in [1.165, 1.54) is 59.7 Å². The van der Waals surface area contributed by atoms with Gasteiger partial charge in [0.1, 0.15) is 17.0 Å². The predicted molar refractivity (Wildman–Crippen MR) is 177 cm³/mol. The average molecular weight is 569 g/mol. The van der Waals surface area contributed by atoms with Crippen LogP contribution in [0.3, 0.4) is 0 Å². The van der Waals surface area contributed by atoms with Gasteiger partial charge in [-0.1, -0.05) is 72.8 Å². The number of aromatic nitrogens is 2. The molecule has 12 rings (SSSR count). The van der Waals surface area contributed by atoms with Gasteiger partial charge in [0.2, 0.25) is 0 Å². The van der Waals surface area contributed by atoms with Gasteiger partial charge >= 0.3 is 0 Å². The molecule has 212 valence electrons. The van der Waals surface area contributed by atoms with E-state index in [9.17, 15) is 0 Å². The molecular weight excluding hydrogens is 536 g/mol. The minimum atomic E-state index is 0.0595. The van der Waals surface area contributed by atoms with E-state index in [2.05, 4.69) is 114 Å². The Bertz CT molecular complexity index is 2280. The molecule has 2 aromatic heterocycles. The molecule has 0 N–H and O–H groups in total. The summed E-state index contributed by atoms with van der Waals surface area (Å²) in [5.74, 6) is 4.19. The highest BCUT2D eigenvalue weighted by Gasteiger charge is 2.62. The number of hydrogen-bond donors (Lipinski definition) is 0. The van der Waals surface area contributed by atoms with E-state index in [1.54, 1.807) is 11.1 Å². The molecule has 5 aromatic carbocycles. The van der Waals surface area contributed by atoms with E-state index in [-0.39, 0.29) is 5.41 Å². The van der Waals surface area contributed by atoms with Crippen LogP contribution in [0, 0.1) is 23.7 Å². The maximum atomic E-state index is 6.47. The number of furan rings is 1. The van der Waals surface area contributed by atoms with Crippen LogP contribution in [0.2, 0.25) is 0 Å². The second-order valence-corrected chi connectivity index (χ2v) is 14.0. The molecule has 4 fully saturated rings. The topological polar surface area (TPSA) is 31.0 Å². The zero-order valence-electron chi connectivity index (χ0n) is 24.5. The molecule has 0 radical (unpaired) electrons. The van der Waals surface area contributed by atoms with Gasteiger partial charge in [-0.3, -0.25) is 4.57 Å². The number of fused-ring (bicyclic) bond motifs is 8. The van der Waals surface area contributed by atoms with Crippen molar-refractivity contribution in [2.45, 2.75) is 37.5 Å². The van der Waals surface area contributed by atoms with Crippen LogP contribution >= 0.6 is 0 Å². The minimum Gasteiger partial charge on any atom is -0.456 e. The third-order valence-corrected chi connectivity index (χ3v) is 12.0. The summed E-state index contributed by atoms with van der Waals surface area (Å²) in [5, 5.41) is 2.54. The summed E-state index contributed by atoms with van der Waals surface area (Å²) in [4.78, 5) is 5.19. The third kappa shape index (κ3) is 2.86. The first-order chi connectivity index (χ1) is 21.8. The molecule has 3 heteroatoms. The molecule has 5 aliphatic carbocycles. The summed E-state index contributed by atoms with van der Waals surface area (Å²) in [6.07, 6.45) is 6.91. The van der Waals surface area contributed by atoms with Crippen molar-refractivity contribution in [3.05, 3.63) is 120 Å². The Labute approximate surface area is 256 Å². The second-order valence-electron chi connectivity index (χ2n) is 14.0. The summed E-state index contributed by atoms with van der Waals surface area (Å²) in [6, 6.07) is 40.0. The van der Waals surface area contributed by atoms with Crippen molar-refractivity contribution in [2.24, 2.45) is 23.7 Å². The fraction of sp³-hybridized carbons (Fsp3) is 0.244. The maximum absolute atomic E-state index is 6.47. The Morgan fingerprint density at radius 1 is 0.659 bits per heavy atom. The first-order valence-electron chi connectivity index (χ1n) is 16.4. The molecule has 0 saturated heterocycles. The standard InChI is InChI=1S/C41H32N2O/c1-2-8-26(9-3-1)40-42-34-11-5-6-12-35(34)43(40)29-14-15-30-33(23-29)41(27-19-24-18-25(21-27)22-28(41)20-24)32-16-17-37-39(38(30)32)31-10-4-7-13-36(31)44-37/h1-17,23-25,27-28H,18-22H2. The summed E-state index contributed by atoms with van der Waals surface area (Å²) in [5.41, 5.74) is 12.6. The van der Waals surface area contributed by atoms with Crippen LogP contribution in [0.5, 0.6) is 0 Å². The van der Waals surface area contributed by atoms with Crippen LogP contribution < -0.4 is 0 Å². The van der Waals surface area contributed by atoms with Crippen molar-refractivity contribution < 1.29 is 4.42 Å². The second kappa shape index (κ2) is 8.30. The van der Waals surface area contributed by atoms with Crippen molar-refractivity contribution in [1.29, 1.82) is 0 Å². The van der Waals surface area contributed by atoms with Gasteiger partial charge in [-0.25, -0.2) is 4.98 Å². The predicted octanol–water partition coefficient (Wildman–Crippen LogP) is 10.3. The quantitative estimate of drug-likeness (QED) is 0.208. The highest BCUT2D eigenvalue weighted by Crippen LogP contribution is 2.70. The molecule has 3 nitrogen and oxygen atoms in total. The van der Waals surface area contributed by atoms with Gasteiger partial charge in [-0.2, -0.15) is 0 Å². The van der Waals surface area contributed by atoms with Crippen LogP contribution in [-0.2, 0) is 5.41 Å². The monoisotopic (exact) mass is 568 g/mol. The van der Waals surface area contributed by atoms with Crippen LogP contribution in [0.1, 0.15) is 43.2 Å². The van der Waals surface area contributed by atoms with Crippen LogP contribution in [0.15, 0.2) is 114 Å². The Morgan fingerprint density at radius 2 is 1.41 bits per heavy atom.